The van der Waals surface area contributed by atoms with Gasteiger partial charge in [-0.25, -0.2) is 8.78 Å². The van der Waals surface area contributed by atoms with Gasteiger partial charge in [0.15, 0.2) is 0 Å². The molecule has 0 unspecified atom stereocenters. The standard InChI is InChI=1S/C15H22F2N2O2.ClH/c1-11(2)8-21-13-5-3-12(4-6-13)7-14(20)19-10-15(16,17)9-18;/h3-6,11H,7-10,18H2,1-2H3,(H,19,20);1H. The summed E-state index contributed by atoms with van der Waals surface area (Å²) in [5.41, 5.74) is 5.63. The molecule has 0 saturated carbocycles. The predicted molar refractivity (Wildman–Crippen MR) is 84.7 cm³/mol. The van der Waals surface area contributed by atoms with Crippen molar-refractivity contribution < 1.29 is 18.3 Å². The number of hydrogen-bond donors (Lipinski definition) is 2. The smallest absolute Gasteiger partial charge is 0.277 e. The number of amides is 1. The van der Waals surface area contributed by atoms with Crippen molar-refractivity contribution in [2.45, 2.75) is 26.2 Å². The number of carbonyl (C=O) groups is 1. The largest absolute Gasteiger partial charge is 0.493 e. The minimum atomic E-state index is -3.07. The summed E-state index contributed by atoms with van der Waals surface area (Å²) >= 11 is 0. The van der Waals surface area contributed by atoms with Gasteiger partial charge in [0.25, 0.3) is 5.92 Å². The second kappa shape index (κ2) is 9.58. The third-order valence-electron chi connectivity index (χ3n) is 2.71. The Morgan fingerprint density at radius 1 is 1.32 bits per heavy atom. The van der Waals surface area contributed by atoms with E-state index in [9.17, 15) is 13.6 Å². The number of halogens is 3. The summed E-state index contributed by atoms with van der Waals surface area (Å²) in [6, 6.07) is 7.02. The van der Waals surface area contributed by atoms with Crippen LogP contribution in [0.15, 0.2) is 24.3 Å². The lowest BCUT2D eigenvalue weighted by Crippen LogP contribution is -2.42. The van der Waals surface area contributed by atoms with Gasteiger partial charge in [-0.05, 0) is 23.6 Å². The topological polar surface area (TPSA) is 64.3 Å². The molecule has 1 rings (SSSR count). The first-order chi connectivity index (χ1) is 9.82. The van der Waals surface area contributed by atoms with E-state index in [1.807, 2.05) is 0 Å². The molecule has 0 aromatic heterocycles. The molecular weight excluding hydrogens is 314 g/mol. The van der Waals surface area contributed by atoms with Crippen LogP contribution < -0.4 is 15.8 Å². The molecule has 0 fully saturated rings. The zero-order valence-corrected chi connectivity index (χ0v) is 13.6. The highest BCUT2D eigenvalue weighted by Crippen LogP contribution is 2.14. The first-order valence-corrected chi connectivity index (χ1v) is 6.89. The average Bonchev–Trinajstić information content (AvgIpc) is 2.44. The van der Waals surface area contributed by atoms with Gasteiger partial charge in [0, 0.05) is 0 Å². The van der Waals surface area contributed by atoms with Gasteiger partial charge >= 0.3 is 0 Å². The van der Waals surface area contributed by atoms with E-state index in [4.69, 9.17) is 10.5 Å². The molecule has 0 bridgehead atoms. The van der Waals surface area contributed by atoms with Crippen LogP contribution in [0.3, 0.4) is 0 Å². The Kier molecular flexibility index (Phi) is 8.97. The van der Waals surface area contributed by atoms with Gasteiger partial charge in [-0.3, -0.25) is 4.79 Å². The maximum Gasteiger partial charge on any atom is 0.277 e. The van der Waals surface area contributed by atoms with Crippen LogP contribution in [0.1, 0.15) is 19.4 Å². The van der Waals surface area contributed by atoms with Crippen molar-refractivity contribution in [1.29, 1.82) is 0 Å². The molecule has 1 amide bonds. The number of benzene rings is 1. The quantitative estimate of drug-likeness (QED) is 0.766. The summed E-state index contributed by atoms with van der Waals surface area (Å²) in [7, 11) is 0. The maximum atomic E-state index is 12.9. The van der Waals surface area contributed by atoms with Gasteiger partial charge in [-0.2, -0.15) is 0 Å². The van der Waals surface area contributed by atoms with Crippen molar-refractivity contribution in [3.8, 4) is 5.75 Å². The minimum absolute atomic E-state index is 0. The third kappa shape index (κ3) is 8.14. The average molecular weight is 337 g/mol. The second-order valence-electron chi connectivity index (χ2n) is 5.36. The highest BCUT2D eigenvalue weighted by Gasteiger charge is 2.27. The van der Waals surface area contributed by atoms with Crippen LogP contribution in [0.4, 0.5) is 8.78 Å². The van der Waals surface area contributed by atoms with Crippen molar-refractivity contribution >= 4 is 18.3 Å². The summed E-state index contributed by atoms with van der Waals surface area (Å²) in [5, 5.41) is 2.18. The Balaban J connectivity index is 0.00000441. The molecular formula is C15H23ClF2N2O2. The van der Waals surface area contributed by atoms with E-state index in [2.05, 4.69) is 19.2 Å². The van der Waals surface area contributed by atoms with Crippen molar-refractivity contribution in [2.24, 2.45) is 11.7 Å². The Bertz CT molecular complexity index is 453. The molecule has 22 heavy (non-hydrogen) atoms. The van der Waals surface area contributed by atoms with Crippen LogP contribution in [0.2, 0.25) is 0 Å². The second-order valence-corrected chi connectivity index (χ2v) is 5.36. The monoisotopic (exact) mass is 336 g/mol. The Morgan fingerprint density at radius 2 is 1.91 bits per heavy atom. The van der Waals surface area contributed by atoms with Crippen LogP contribution in [-0.2, 0) is 11.2 Å². The van der Waals surface area contributed by atoms with E-state index >= 15 is 0 Å². The van der Waals surface area contributed by atoms with E-state index in [1.165, 1.54) is 0 Å². The third-order valence-corrected chi connectivity index (χ3v) is 2.71. The highest BCUT2D eigenvalue weighted by molar-refractivity contribution is 5.85. The SMILES string of the molecule is CC(C)COc1ccc(CC(=O)NCC(F)(F)CN)cc1.Cl. The molecule has 0 atom stereocenters. The van der Waals surface area contributed by atoms with Gasteiger partial charge in [0.05, 0.1) is 26.1 Å². The fourth-order valence-corrected chi connectivity index (χ4v) is 1.51. The Hall–Kier alpha value is -1.40. The van der Waals surface area contributed by atoms with E-state index in [0.29, 0.717) is 12.5 Å². The van der Waals surface area contributed by atoms with Crippen LogP contribution in [0, 0.1) is 5.92 Å². The van der Waals surface area contributed by atoms with Crippen LogP contribution in [-0.4, -0.2) is 31.5 Å². The molecule has 0 aliphatic rings. The molecule has 0 heterocycles. The van der Waals surface area contributed by atoms with Gasteiger partial charge in [0.1, 0.15) is 5.75 Å². The number of nitrogens with one attached hydrogen (secondary N) is 1. The zero-order valence-electron chi connectivity index (χ0n) is 12.8. The van der Waals surface area contributed by atoms with Crippen LogP contribution in [0.25, 0.3) is 0 Å². The zero-order chi connectivity index (χ0) is 15.9. The molecule has 1 aromatic carbocycles. The van der Waals surface area contributed by atoms with Crippen molar-refractivity contribution in [2.75, 3.05) is 19.7 Å². The highest BCUT2D eigenvalue weighted by atomic mass is 35.5. The summed E-state index contributed by atoms with van der Waals surface area (Å²) < 4.78 is 31.3. The lowest BCUT2D eigenvalue weighted by molar-refractivity contribution is -0.122. The number of alkyl halides is 2. The van der Waals surface area contributed by atoms with Crippen molar-refractivity contribution in [3.05, 3.63) is 29.8 Å². The molecule has 0 aliphatic carbocycles. The van der Waals surface area contributed by atoms with Crippen LogP contribution in [0.5, 0.6) is 5.75 Å². The van der Waals surface area contributed by atoms with E-state index in [-0.39, 0.29) is 18.8 Å². The number of rotatable bonds is 8. The molecule has 7 heteroatoms. The van der Waals surface area contributed by atoms with Crippen LogP contribution >= 0.6 is 12.4 Å². The first kappa shape index (κ1) is 20.6. The molecule has 126 valence electrons. The minimum Gasteiger partial charge on any atom is -0.493 e. The molecule has 4 nitrogen and oxygen atoms in total. The molecule has 0 radical (unpaired) electrons. The fourth-order valence-electron chi connectivity index (χ4n) is 1.51. The van der Waals surface area contributed by atoms with Gasteiger partial charge in [-0.15, -0.1) is 12.4 Å². The molecule has 1 aromatic rings. The number of ether oxygens (including phenoxy) is 1. The fraction of sp³-hybridized carbons (Fsp3) is 0.533. The number of nitrogens with two attached hydrogens (primary N) is 1. The number of carbonyl (C=O) groups excluding carboxylic acids is 1. The summed E-state index contributed by atoms with van der Waals surface area (Å²) in [4.78, 5) is 11.6. The van der Waals surface area contributed by atoms with E-state index in [0.717, 1.165) is 11.3 Å². The van der Waals surface area contributed by atoms with Crippen molar-refractivity contribution in [1.82, 2.24) is 5.32 Å². The first-order valence-electron chi connectivity index (χ1n) is 6.89. The summed E-state index contributed by atoms with van der Waals surface area (Å²) in [6.07, 6.45) is 0.0467. The van der Waals surface area contributed by atoms with Gasteiger partial charge < -0.3 is 15.8 Å². The number of hydrogen-bond acceptors (Lipinski definition) is 3. The predicted octanol–water partition coefficient (Wildman–Crippen LogP) is 2.40. The summed E-state index contributed by atoms with van der Waals surface area (Å²) in [5.74, 6) is -2.37. The van der Waals surface area contributed by atoms with Gasteiger partial charge in [0.2, 0.25) is 5.91 Å². The van der Waals surface area contributed by atoms with E-state index < -0.39 is 24.9 Å². The maximum absolute atomic E-state index is 12.9. The Labute approximate surface area is 135 Å². The van der Waals surface area contributed by atoms with E-state index in [1.54, 1.807) is 24.3 Å². The molecule has 0 saturated heterocycles. The van der Waals surface area contributed by atoms with Crippen molar-refractivity contribution in [3.63, 3.8) is 0 Å². The lowest BCUT2D eigenvalue weighted by atomic mass is 10.1. The molecule has 0 aliphatic heterocycles. The normalized spacial score (nSPS) is 11.0. The molecule has 0 spiro atoms. The Morgan fingerprint density at radius 3 is 2.41 bits per heavy atom. The summed E-state index contributed by atoms with van der Waals surface area (Å²) in [6.45, 7) is 3.20. The van der Waals surface area contributed by atoms with Gasteiger partial charge in [-0.1, -0.05) is 26.0 Å². The lowest BCUT2D eigenvalue weighted by Gasteiger charge is -2.14. The molecule has 3 N–H and O–H groups in total.